The van der Waals surface area contributed by atoms with E-state index < -0.39 is 0 Å². The summed E-state index contributed by atoms with van der Waals surface area (Å²) in [5, 5.41) is 0. The lowest BCUT2D eigenvalue weighted by molar-refractivity contribution is 0.168. The number of rotatable bonds is 5. The van der Waals surface area contributed by atoms with Crippen LogP contribution in [-0.2, 0) is 0 Å². The summed E-state index contributed by atoms with van der Waals surface area (Å²) in [5.41, 5.74) is 5.73. The summed E-state index contributed by atoms with van der Waals surface area (Å²) in [6, 6.07) is 7.91. The third-order valence-electron chi connectivity index (χ3n) is 3.40. The predicted octanol–water partition coefficient (Wildman–Crippen LogP) is 2.83. The third-order valence-corrected chi connectivity index (χ3v) is 4.26. The summed E-state index contributed by atoms with van der Waals surface area (Å²) in [5.74, 6) is 1.28. The van der Waals surface area contributed by atoms with Crippen LogP contribution in [0, 0.1) is 5.92 Å². The SMILES string of the molecule is NC(=S)C1CCCN(CCOc2ccc(Br)cc2)C1. The van der Waals surface area contributed by atoms with Crippen LogP contribution in [0.2, 0.25) is 0 Å². The molecule has 0 spiro atoms. The number of thiocarbonyl (C=S) groups is 1. The molecule has 1 aromatic rings. The Balaban J connectivity index is 1.73. The van der Waals surface area contributed by atoms with Gasteiger partial charge in [-0.3, -0.25) is 4.90 Å². The van der Waals surface area contributed by atoms with Gasteiger partial charge in [0.15, 0.2) is 0 Å². The molecule has 0 amide bonds. The van der Waals surface area contributed by atoms with Crippen molar-refractivity contribution in [1.29, 1.82) is 0 Å². The number of halogens is 1. The van der Waals surface area contributed by atoms with Crippen molar-refractivity contribution in [3.8, 4) is 5.75 Å². The van der Waals surface area contributed by atoms with E-state index in [1.807, 2.05) is 24.3 Å². The highest BCUT2D eigenvalue weighted by atomic mass is 79.9. The van der Waals surface area contributed by atoms with Crippen molar-refractivity contribution >= 4 is 33.1 Å². The second-order valence-electron chi connectivity index (χ2n) is 4.84. The van der Waals surface area contributed by atoms with Gasteiger partial charge in [-0.05, 0) is 43.7 Å². The molecule has 104 valence electrons. The maximum Gasteiger partial charge on any atom is 0.119 e. The minimum Gasteiger partial charge on any atom is -0.492 e. The van der Waals surface area contributed by atoms with Crippen LogP contribution in [0.4, 0.5) is 0 Å². The molecule has 2 N–H and O–H groups in total. The first-order chi connectivity index (χ1) is 9.15. The Labute approximate surface area is 128 Å². The molecule has 0 radical (unpaired) electrons. The molecule has 3 nitrogen and oxygen atoms in total. The number of nitrogens with two attached hydrogens (primary N) is 1. The van der Waals surface area contributed by atoms with E-state index in [0.717, 1.165) is 36.3 Å². The summed E-state index contributed by atoms with van der Waals surface area (Å²) in [6.07, 6.45) is 2.29. The van der Waals surface area contributed by atoms with Gasteiger partial charge in [0.2, 0.25) is 0 Å². The van der Waals surface area contributed by atoms with Crippen LogP contribution < -0.4 is 10.5 Å². The Hall–Kier alpha value is -0.650. The van der Waals surface area contributed by atoms with Gasteiger partial charge in [0.05, 0.1) is 4.99 Å². The van der Waals surface area contributed by atoms with Gasteiger partial charge in [-0.2, -0.15) is 0 Å². The van der Waals surface area contributed by atoms with Crippen molar-refractivity contribution in [3.63, 3.8) is 0 Å². The average molecular weight is 343 g/mol. The Kier molecular flexibility index (Phi) is 5.60. The van der Waals surface area contributed by atoms with E-state index >= 15 is 0 Å². The first-order valence-corrected chi connectivity index (χ1v) is 7.75. The number of likely N-dealkylation sites (tertiary alicyclic amines) is 1. The number of hydrogen-bond acceptors (Lipinski definition) is 3. The third kappa shape index (κ3) is 4.75. The predicted molar refractivity (Wildman–Crippen MR) is 85.6 cm³/mol. The molecule has 1 heterocycles. The maximum absolute atomic E-state index is 5.73. The molecule has 0 bridgehead atoms. The molecule has 0 aliphatic carbocycles. The highest BCUT2D eigenvalue weighted by molar-refractivity contribution is 9.10. The van der Waals surface area contributed by atoms with Crippen molar-refractivity contribution in [2.24, 2.45) is 11.7 Å². The number of benzene rings is 1. The zero-order valence-electron chi connectivity index (χ0n) is 10.8. The van der Waals surface area contributed by atoms with E-state index in [0.29, 0.717) is 17.5 Å². The normalized spacial score (nSPS) is 20.2. The molecular formula is C14H19BrN2OS. The van der Waals surface area contributed by atoms with Crippen molar-refractivity contribution in [2.75, 3.05) is 26.2 Å². The quantitative estimate of drug-likeness (QED) is 0.835. The van der Waals surface area contributed by atoms with E-state index in [1.54, 1.807) is 0 Å². The molecule has 1 atom stereocenters. The minimum atomic E-state index is 0.372. The lowest BCUT2D eigenvalue weighted by Crippen LogP contribution is -2.42. The van der Waals surface area contributed by atoms with Gasteiger partial charge >= 0.3 is 0 Å². The van der Waals surface area contributed by atoms with E-state index in [-0.39, 0.29) is 0 Å². The van der Waals surface area contributed by atoms with Crippen molar-refractivity contribution < 1.29 is 4.74 Å². The molecule has 1 aliphatic heterocycles. The molecule has 1 saturated heterocycles. The molecule has 0 saturated carbocycles. The van der Waals surface area contributed by atoms with Crippen LogP contribution in [0.5, 0.6) is 5.75 Å². The van der Waals surface area contributed by atoms with Gasteiger partial charge in [-0.25, -0.2) is 0 Å². The molecular weight excluding hydrogens is 324 g/mol. The number of ether oxygens (including phenoxy) is 1. The first-order valence-electron chi connectivity index (χ1n) is 6.55. The first kappa shape index (κ1) is 14.8. The number of hydrogen-bond donors (Lipinski definition) is 1. The van der Waals surface area contributed by atoms with Crippen LogP contribution >= 0.6 is 28.1 Å². The molecule has 2 rings (SSSR count). The molecule has 1 unspecified atom stereocenters. The molecule has 0 aromatic heterocycles. The van der Waals surface area contributed by atoms with Gasteiger partial charge in [-0.1, -0.05) is 28.1 Å². The van der Waals surface area contributed by atoms with E-state index in [9.17, 15) is 0 Å². The Morgan fingerprint density at radius 1 is 1.42 bits per heavy atom. The molecule has 5 heteroatoms. The summed E-state index contributed by atoms with van der Waals surface area (Å²) < 4.78 is 6.80. The topological polar surface area (TPSA) is 38.5 Å². The zero-order chi connectivity index (χ0) is 13.7. The summed E-state index contributed by atoms with van der Waals surface area (Å²) in [4.78, 5) is 3.03. The molecule has 1 fully saturated rings. The second-order valence-corrected chi connectivity index (χ2v) is 6.23. The number of piperidine rings is 1. The second kappa shape index (κ2) is 7.22. The van der Waals surface area contributed by atoms with Gasteiger partial charge in [0, 0.05) is 23.5 Å². The van der Waals surface area contributed by atoms with Crippen LogP contribution in [0.25, 0.3) is 0 Å². The maximum atomic E-state index is 5.73. The van der Waals surface area contributed by atoms with Crippen molar-refractivity contribution in [1.82, 2.24) is 4.90 Å². The Bertz CT molecular complexity index is 424. The van der Waals surface area contributed by atoms with E-state index in [4.69, 9.17) is 22.7 Å². The summed E-state index contributed by atoms with van der Waals surface area (Å²) >= 11 is 8.49. The molecule has 19 heavy (non-hydrogen) atoms. The monoisotopic (exact) mass is 342 g/mol. The molecule has 1 aromatic carbocycles. The standard InChI is InChI=1S/C14H19BrN2OS/c15-12-3-5-13(6-4-12)18-9-8-17-7-1-2-11(10-17)14(16)19/h3-6,11H,1-2,7-10H2,(H2,16,19). The van der Waals surface area contributed by atoms with Crippen LogP contribution in [0.3, 0.4) is 0 Å². The lowest BCUT2D eigenvalue weighted by Gasteiger charge is -2.31. The summed E-state index contributed by atoms with van der Waals surface area (Å²) in [7, 11) is 0. The van der Waals surface area contributed by atoms with E-state index in [1.165, 1.54) is 6.42 Å². The van der Waals surface area contributed by atoms with Crippen LogP contribution in [0.1, 0.15) is 12.8 Å². The largest absolute Gasteiger partial charge is 0.492 e. The zero-order valence-corrected chi connectivity index (χ0v) is 13.3. The summed E-state index contributed by atoms with van der Waals surface area (Å²) in [6.45, 7) is 3.71. The van der Waals surface area contributed by atoms with Crippen LogP contribution in [0.15, 0.2) is 28.7 Å². The molecule has 1 aliphatic rings. The van der Waals surface area contributed by atoms with Gasteiger partial charge in [0.1, 0.15) is 12.4 Å². The number of nitrogens with zero attached hydrogens (tertiary/aromatic N) is 1. The highest BCUT2D eigenvalue weighted by Crippen LogP contribution is 2.18. The lowest BCUT2D eigenvalue weighted by atomic mass is 9.98. The smallest absolute Gasteiger partial charge is 0.119 e. The fourth-order valence-corrected chi connectivity index (χ4v) is 2.77. The average Bonchev–Trinajstić information content (AvgIpc) is 2.41. The Morgan fingerprint density at radius 3 is 2.84 bits per heavy atom. The van der Waals surface area contributed by atoms with Crippen molar-refractivity contribution in [3.05, 3.63) is 28.7 Å². The van der Waals surface area contributed by atoms with Crippen molar-refractivity contribution in [2.45, 2.75) is 12.8 Å². The van der Waals surface area contributed by atoms with Gasteiger partial charge in [-0.15, -0.1) is 0 Å². The fourth-order valence-electron chi connectivity index (χ4n) is 2.31. The fraction of sp³-hybridized carbons (Fsp3) is 0.500. The van der Waals surface area contributed by atoms with Gasteiger partial charge < -0.3 is 10.5 Å². The minimum absolute atomic E-state index is 0.372. The van der Waals surface area contributed by atoms with Gasteiger partial charge in [0.25, 0.3) is 0 Å². The Morgan fingerprint density at radius 2 is 2.16 bits per heavy atom. The van der Waals surface area contributed by atoms with E-state index in [2.05, 4.69) is 20.8 Å². The van der Waals surface area contributed by atoms with Crippen LogP contribution in [-0.4, -0.2) is 36.1 Å². The highest BCUT2D eigenvalue weighted by Gasteiger charge is 2.21.